The van der Waals surface area contributed by atoms with E-state index < -0.39 is 23.8 Å². The molecule has 56 heavy (non-hydrogen) atoms. The molecule has 288 valence electrons. The van der Waals surface area contributed by atoms with Crippen molar-refractivity contribution in [1.29, 1.82) is 0 Å². The number of hydrogen-bond acceptors (Lipinski definition) is 7. The number of phenols is 1. The number of amides is 4. The van der Waals surface area contributed by atoms with E-state index in [9.17, 15) is 24.3 Å². The molecule has 0 bridgehead atoms. The highest BCUT2D eigenvalue weighted by atomic mass is 16.3. The number of phenolic OH excluding ortho intramolecular Hbond substituents is 1. The number of imide groups is 2. The van der Waals surface area contributed by atoms with Gasteiger partial charge in [0.1, 0.15) is 11.8 Å². The van der Waals surface area contributed by atoms with Crippen LogP contribution in [0.5, 0.6) is 5.75 Å². The zero-order valence-electron chi connectivity index (χ0n) is 31.9. The van der Waals surface area contributed by atoms with Gasteiger partial charge in [0, 0.05) is 44.2 Å². The number of unbranched alkanes of at least 4 members (excludes halogenated alkanes) is 2. The molecule has 2 fully saturated rings. The summed E-state index contributed by atoms with van der Waals surface area (Å²) in [6.45, 7) is 4.68. The van der Waals surface area contributed by atoms with Crippen molar-refractivity contribution < 1.29 is 24.3 Å². The number of piperidine rings is 2. The molecule has 2 N–H and O–H groups in total. The van der Waals surface area contributed by atoms with Crippen LogP contribution in [0, 0.1) is 5.92 Å². The second kappa shape index (κ2) is 15.3. The van der Waals surface area contributed by atoms with Gasteiger partial charge in [-0.15, -0.1) is 0 Å². The average Bonchev–Trinajstić information content (AvgIpc) is 3.73. The topological polar surface area (TPSA) is 110 Å². The molecular weight excluding hydrogens is 701 g/mol. The molecule has 2 saturated heterocycles. The van der Waals surface area contributed by atoms with Crippen molar-refractivity contribution in [2.24, 2.45) is 5.92 Å². The average molecular weight is 751 g/mol. The van der Waals surface area contributed by atoms with Crippen LogP contribution in [0.1, 0.15) is 124 Å². The highest BCUT2D eigenvalue weighted by Gasteiger charge is 2.45. The number of aryl methyl sites for hydroxylation is 1. The molecule has 0 aromatic heterocycles. The minimum absolute atomic E-state index is 0.117. The zero-order valence-corrected chi connectivity index (χ0v) is 31.9. The van der Waals surface area contributed by atoms with Crippen molar-refractivity contribution in [2.75, 3.05) is 24.5 Å². The fourth-order valence-electron chi connectivity index (χ4n) is 10.2. The third-order valence-corrected chi connectivity index (χ3v) is 13.2. The Hall–Kier alpha value is -5.28. The third-order valence-electron chi connectivity index (χ3n) is 13.2. The van der Waals surface area contributed by atoms with E-state index in [1.165, 1.54) is 60.0 Å². The highest BCUT2D eigenvalue weighted by molar-refractivity contribution is 6.23. The first-order chi connectivity index (χ1) is 27.3. The fraction of sp³-hybridized carbons (Fsp3) is 0.404. The Morgan fingerprint density at radius 1 is 0.679 bits per heavy atom. The van der Waals surface area contributed by atoms with Crippen LogP contribution in [0.25, 0.3) is 0 Å². The SMILES string of the molecule is O=C1CCC(N2C(=O)c3cc4c(cc3C2=O)CN(CCCCCC2CCN(c3ccc([C@@H]5c6ccc(O)cc6CC[C@@H]5c5ccccc5)cc3)CC2)C4)C(=O)N1. The smallest absolute Gasteiger partial charge is 0.262 e. The normalized spacial score (nSPS) is 22.6. The molecule has 4 aliphatic heterocycles. The molecule has 1 aliphatic carbocycles. The van der Waals surface area contributed by atoms with Crippen molar-refractivity contribution in [2.45, 2.75) is 95.2 Å². The summed E-state index contributed by atoms with van der Waals surface area (Å²) < 4.78 is 0. The quantitative estimate of drug-likeness (QED) is 0.128. The van der Waals surface area contributed by atoms with Crippen molar-refractivity contribution >= 4 is 29.3 Å². The molecule has 0 spiro atoms. The van der Waals surface area contributed by atoms with Gasteiger partial charge in [0.15, 0.2) is 0 Å². The van der Waals surface area contributed by atoms with Gasteiger partial charge in [0.05, 0.1) is 11.1 Å². The summed E-state index contributed by atoms with van der Waals surface area (Å²) in [6.07, 6.45) is 9.59. The first-order valence-electron chi connectivity index (χ1n) is 20.6. The van der Waals surface area contributed by atoms with E-state index in [0.29, 0.717) is 22.8 Å². The van der Waals surface area contributed by atoms with Crippen molar-refractivity contribution in [3.05, 3.63) is 129 Å². The molecule has 9 heteroatoms. The molecule has 4 aromatic carbocycles. The molecule has 9 rings (SSSR count). The van der Waals surface area contributed by atoms with Gasteiger partial charge in [0.25, 0.3) is 11.8 Å². The van der Waals surface area contributed by atoms with Crippen LogP contribution in [0.4, 0.5) is 5.69 Å². The lowest BCUT2D eigenvalue weighted by Crippen LogP contribution is -2.54. The summed E-state index contributed by atoms with van der Waals surface area (Å²) >= 11 is 0. The first-order valence-corrected chi connectivity index (χ1v) is 20.6. The lowest BCUT2D eigenvalue weighted by Gasteiger charge is -2.36. The number of nitrogens with one attached hydrogen (secondary N) is 1. The van der Waals surface area contributed by atoms with Crippen LogP contribution in [0.15, 0.2) is 84.9 Å². The number of nitrogens with zero attached hydrogens (tertiary/aromatic N) is 3. The monoisotopic (exact) mass is 750 g/mol. The Kier molecular flexibility index (Phi) is 9.96. The molecule has 0 saturated carbocycles. The number of hydrogen-bond donors (Lipinski definition) is 2. The summed E-state index contributed by atoms with van der Waals surface area (Å²) in [7, 11) is 0. The Morgan fingerprint density at radius 2 is 1.39 bits per heavy atom. The standard InChI is InChI=1S/C47H50N4O5/c52-37-15-17-39-33(25-37)12-16-38(31-8-4-1-5-9-31)44(39)32-10-13-36(14-11-32)50-23-20-30(21-24-50)7-3-2-6-22-49-28-34-26-40-41(27-35(34)29-49)47(56)51(46(40)55)42-18-19-43(53)48-45(42)54/h1,4-5,8-11,13-15,17,25-27,30,38,42,44,52H,2-3,6-7,12,16,18-24,28-29H2,(H,48,53,54)/t38-,42?,44+/m1/s1. The molecule has 4 amide bonds. The Labute approximate surface area is 328 Å². The van der Waals surface area contributed by atoms with Crippen molar-refractivity contribution in [1.82, 2.24) is 15.1 Å². The predicted molar refractivity (Wildman–Crippen MR) is 215 cm³/mol. The number of fused-ring (bicyclic) bond motifs is 3. The Morgan fingerprint density at radius 3 is 2.09 bits per heavy atom. The molecular formula is C47H50N4O5. The van der Waals surface area contributed by atoms with Crippen LogP contribution in [-0.2, 0) is 29.1 Å². The molecule has 0 radical (unpaired) electrons. The summed E-state index contributed by atoms with van der Waals surface area (Å²) in [5.74, 6) is -0.0461. The van der Waals surface area contributed by atoms with Crippen LogP contribution < -0.4 is 10.2 Å². The summed E-state index contributed by atoms with van der Waals surface area (Å²) in [5.41, 5.74) is 9.52. The minimum Gasteiger partial charge on any atom is -0.508 e. The summed E-state index contributed by atoms with van der Waals surface area (Å²) in [5, 5.41) is 12.5. The molecule has 5 aliphatic rings. The van der Waals surface area contributed by atoms with Gasteiger partial charge < -0.3 is 10.0 Å². The zero-order chi connectivity index (χ0) is 38.3. The second-order valence-corrected chi connectivity index (χ2v) is 16.6. The first kappa shape index (κ1) is 36.4. The molecule has 4 aromatic rings. The van der Waals surface area contributed by atoms with E-state index in [-0.39, 0.29) is 24.7 Å². The van der Waals surface area contributed by atoms with Gasteiger partial charge in [-0.25, -0.2) is 0 Å². The third kappa shape index (κ3) is 7.02. The van der Waals surface area contributed by atoms with Gasteiger partial charge in [-0.1, -0.05) is 67.8 Å². The Bertz CT molecular complexity index is 2110. The van der Waals surface area contributed by atoms with E-state index in [0.717, 1.165) is 73.9 Å². The Balaban J connectivity index is 0.731. The maximum absolute atomic E-state index is 13.3. The molecule has 9 nitrogen and oxygen atoms in total. The van der Waals surface area contributed by atoms with E-state index in [1.807, 2.05) is 24.3 Å². The van der Waals surface area contributed by atoms with Crippen molar-refractivity contribution in [3.63, 3.8) is 0 Å². The summed E-state index contributed by atoms with van der Waals surface area (Å²) in [4.78, 5) is 56.5. The van der Waals surface area contributed by atoms with Crippen LogP contribution >= 0.6 is 0 Å². The van der Waals surface area contributed by atoms with E-state index >= 15 is 0 Å². The highest BCUT2D eigenvalue weighted by Crippen LogP contribution is 2.47. The van der Waals surface area contributed by atoms with Gasteiger partial charge >= 0.3 is 0 Å². The number of benzene rings is 4. The van der Waals surface area contributed by atoms with Crippen LogP contribution in [0.2, 0.25) is 0 Å². The van der Waals surface area contributed by atoms with E-state index in [4.69, 9.17) is 0 Å². The number of carbonyl (C=O) groups excluding carboxylic acids is 4. The maximum atomic E-state index is 13.3. The van der Waals surface area contributed by atoms with Crippen molar-refractivity contribution in [3.8, 4) is 5.75 Å². The van der Waals surface area contributed by atoms with Crippen LogP contribution in [0.3, 0.4) is 0 Å². The number of aromatic hydroxyl groups is 1. The van der Waals surface area contributed by atoms with E-state index in [2.05, 4.69) is 75.8 Å². The van der Waals surface area contributed by atoms with Gasteiger partial charge in [-0.2, -0.15) is 0 Å². The molecule has 4 heterocycles. The lowest BCUT2D eigenvalue weighted by atomic mass is 9.69. The van der Waals surface area contributed by atoms with E-state index in [1.54, 1.807) is 0 Å². The molecule has 3 atom stereocenters. The minimum atomic E-state index is -0.935. The fourth-order valence-corrected chi connectivity index (χ4v) is 10.2. The predicted octanol–water partition coefficient (Wildman–Crippen LogP) is 7.45. The molecule has 1 unspecified atom stereocenters. The number of anilines is 1. The number of rotatable bonds is 10. The maximum Gasteiger partial charge on any atom is 0.262 e. The van der Waals surface area contributed by atoms with Gasteiger partial charge in [0.2, 0.25) is 11.8 Å². The second-order valence-electron chi connectivity index (χ2n) is 16.6. The largest absolute Gasteiger partial charge is 0.508 e. The van der Waals surface area contributed by atoms with Gasteiger partial charge in [-0.05, 0) is 127 Å². The number of carbonyl (C=O) groups is 4. The van der Waals surface area contributed by atoms with Crippen LogP contribution in [-0.4, -0.2) is 64.2 Å². The summed E-state index contributed by atoms with van der Waals surface area (Å²) in [6, 6.07) is 28.9. The lowest BCUT2D eigenvalue weighted by molar-refractivity contribution is -0.136. The van der Waals surface area contributed by atoms with Gasteiger partial charge in [-0.3, -0.25) is 34.3 Å².